The number of ether oxygens (including phenoxy) is 1. The number of rotatable bonds is 6. The summed E-state index contributed by atoms with van der Waals surface area (Å²) in [6, 6.07) is 5.24. The number of hydrogen-bond acceptors (Lipinski definition) is 7. The first-order valence-electron chi connectivity index (χ1n) is 10.2. The fraction of sp³-hybridized carbons (Fsp3) is 0.524. The number of aromatic nitrogens is 2. The van der Waals surface area contributed by atoms with Crippen molar-refractivity contribution >= 4 is 17.7 Å². The Morgan fingerprint density at radius 2 is 2.13 bits per heavy atom. The predicted octanol–water partition coefficient (Wildman–Crippen LogP) is 2.82. The molecule has 2 heterocycles. The molecule has 162 valence electrons. The number of nitrogens with one attached hydrogen (secondary N) is 2. The summed E-state index contributed by atoms with van der Waals surface area (Å²) < 4.78 is 10.7. The van der Waals surface area contributed by atoms with Crippen LogP contribution in [0.1, 0.15) is 51.5 Å². The van der Waals surface area contributed by atoms with Gasteiger partial charge in [-0.05, 0) is 58.0 Å². The van der Waals surface area contributed by atoms with Gasteiger partial charge in [0, 0.05) is 37.2 Å². The van der Waals surface area contributed by atoms with Gasteiger partial charge in [-0.15, -0.1) is 0 Å². The summed E-state index contributed by atoms with van der Waals surface area (Å²) >= 11 is 0. The molecule has 0 bridgehead atoms. The number of carbonyl (C=O) groups excluding carboxylic acids is 2. The number of carbonyl (C=O) groups is 2. The molecule has 0 saturated heterocycles. The molecule has 9 nitrogen and oxygen atoms in total. The second-order valence-corrected chi connectivity index (χ2v) is 7.77. The topological polar surface area (TPSA) is 110 Å². The van der Waals surface area contributed by atoms with Crippen molar-refractivity contribution in [3.63, 3.8) is 0 Å². The van der Waals surface area contributed by atoms with Crippen molar-refractivity contribution in [2.45, 2.75) is 58.7 Å². The molecular formula is C21H29N5O4. The van der Waals surface area contributed by atoms with E-state index in [-0.39, 0.29) is 24.1 Å². The Kier molecular flexibility index (Phi) is 6.71. The lowest BCUT2D eigenvalue weighted by Gasteiger charge is -2.39. The van der Waals surface area contributed by atoms with Gasteiger partial charge >= 0.3 is 6.09 Å². The summed E-state index contributed by atoms with van der Waals surface area (Å²) in [6.07, 6.45) is 0.522. The SMILES string of the molecule is CNCCc1noc(-c2ccc3c(c2)[C@H](NC(=O)OC(C)C)C[C@H](C)N3C(C)=O)n1. The Morgan fingerprint density at radius 1 is 1.37 bits per heavy atom. The Balaban J connectivity index is 1.95. The molecule has 2 atom stereocenters. The molecule has 0 saturated carbocycles. The number of fused-ring (bicyclic) bond motifs is 1. The van der Waals surface area contributed by atoms with Gasteiger partial charge in [-0.25, -0.2) is 4.79 Å². The number of benzene rings is 1. The highest BCUT2D eigenvalue weighted by atomic mass is 16.6. The van der Waals surface area contributed by atoms with Crippen LogP contribution in [0.25, 0.3) is 11.5 Å². The van der Waals surface area contributed by atoms with E-state index in [0.717, 1.165) is 23.4 Å². The minimum atomic E-state index is -0.484. The normalized spacial score (nSPS) is 18.3. The predicted molar refractivity (Wildman–Crippen MR) is 112 cm³/mol. The number of hydrogen-bond donors (Lipinski definition) is 2. The van der Waals surface area contributed by atoms with Crippen LogP contribution in [0.15, 0.2) is 22.7 Å². The van der Waals surface area contributed by atoms with Crippen LogP contribution in [0.2, 0.25) is 0 Å². The number of anilines is 1. The average Bonchev–Trinajstić information content (AvgIpc) is 3.14. The van der Waals surface area contributed by atoms with E-state index in [9.17, 15) is 9.59 Å². The third-order valence-corrected chi connectivity index (χ3v) is 4.97. The Bertz CT molecular complexity index is 911. The van der Waals surface area contributed by atoms with E-state index in [1.165, 1.54) is 0 Å². The van der Waals surface area contributed by atoms with E-state index in [4.69, 9.17) is 9.26 Å². The van der Waals surface area contributed by atoms with Crippen LogP contribution in [0.3, 0.4) is 0 Å². The average molecular weight is 415 g/mol. The van der Waals surface area contributed by atoms with Crippen molar-refractivity contribution in [2.24, 2.45) is 0 Å². The minimum Gasteiger partial charge on any atom is -0.447 e. The van der Waals surface area contributed by atoms with E-state index in [1.54, 1.807) is 25.7 Å². The summed E-state index contributed by atoms with van der Waals surface area (Å²) in [7, 11) is 1.86. The van der Waals surface area contributed by atoms with E-state index in [2.05, 4.69) is 20.8 Å². The van der Waals surface area contributed by atoms with Crippen LogP contribution in [-0.2, 0) is 16.0 Å². The first-order chi connectivity index (χ1) is 14.3. The molecule has 1 aromatic carbocycles. The lowest BCUT2D eigenvalue weighted by Crippen LogP contribution is -2.45. The molecule has 30 heavy (non-hydrogen) atoms. The highest BCUT2D eigenvalue weighted by Gasteiger charge is 2.34. The van der Waals surface area contributed by atoms with E-state index >= 15 is 0 Å². The van der Waals surface area contributed by atoms with Crippen molar-refractivity contribution in [1.82, 2.24) is 20.8 Å². The van der Waals surface area contributed by atoms with Crippen LogP contribution in [0.5, 0.6) is 0 Å². The molecule has 0 aliphatic carbocycles. The Labute approximate surface area is 176 Å². The summed E-state index contributed by atoms with van der Waals surface area (Å²) in [6.45, 7) is 7.86. The number of nitrogens with zero attached hydrogens (tertiary/aromatic N) is 3. The van der Waals surface area contributed by atoms with Crippen molar-refractivity contribution in [2.75, 3.05) is 18.5 Å². The van der Waals surface area contributed by atoms with Gasteiger partial charge in [0.2, 0.25) is 5.91 Å². The fourth-order valence-corrected chi connectivity index (χ4v) is 3.71. The molecule has 0 unspecified atom stereocenters. The molecule has 2 aromatic rings. The van der Waals surface area contributed by atoms with Gasteiger partial charge in [-0.2, -0.15) is 4.98 Å². The third kappa shape index (κ3) is 4.79. The van der Waals surface area contributed by atoms with Gasteiger partial charge < -0.3 is 24.8 Å². The van der Waals surface area contributed by atoms with Crippen LogP contribution < -0.4 is 15.5 Å². The summed E-state index contributed by atoms with van der Waals surface area (Å²) in [5, 5.41) is 10.0. The second-order valence-electron chi connectivity index (χ2n) is 7.77. The van der Waals surface area contributed by atoms with E-state index in [0.29, 0.717) is 24.6 Å². The lowest BCUT2D eigenvalue weighted by atomic mass is 9.90. The van der Waals surface area contributed by atoms with E-state index < -0.39 is 6.09 Å². The Hall–Kier alpha value is -2.94. The van der Waals surface area contributed by atoms with Crippen molar-refractivity contribution < 1.29 is 18.8 Å². The lowest BCUT2D eigenvalue weighted by molar-refractivity contribution is -0.117. The summed E-state index contributed by atoms with van der Waals surface area (Å²) in [5.74, 6) is 0.971. The van der Waals surface area contributed by atoms with Gasteiger partial charge in [-0.1, -0.05) is 5.16 Å². The molecule has 0 radical (unpaired) electrons. The molecule has 2 N–H and O–H groups in total. The molecule has 3 rings (SSSR count). The van der Waals surface area contributed by atoms with Crippen molar-refractivity contribution in [3.8, 4) is 11.5 Å². The summed E-state index contributed by atoms with van der Waals surface area (Å²) in [4.78, 5) is 30.7. The zero-order valence-corrected chi connectivity index (χ0v) is 18.1. The van der Waals surface area contributed by atoms with E-state index in [1.807, 2.05) is 32.2 Å². The first-order valence-corrected chi connectivity index (χ1v) is 10.2. The molecule has 9 heteroatoms. The van der Waals surface area contributed by atoms with Crippen LogP contribution in [0, 0.1) is 0 Å². The third-order valence-electron chi connectivity index (χ3n) is 4.97. The maximum Gasteiger partial charge on any atom is 0.407 e. The zero-order chi connectivity index (χ0) is 21.8. The highest BCUT2D eigenvalue weighted by Crippen LogP contribution is 2.39. The van der Waals surface area contributed by atoms with Gasteiger partial charge in [0.05, 0.1) is 12.1 Å². The largest absolute Gasteiger partial charge is 0.447 e. The molecule has 1 aromatic heterocycles. The zero-order valence-electron chi connectivity index (χ0n) is 18.1. The molecule has 1 aliphatic heterocycles. The molecule has 0 fully saturated rings. The highest BCUT2D eigenvalue weighted by molar-refractivity contribution is 5.94. The monoisotopic (exact) mass is 415 g/mol. The molecule has 0 spiro atoms. The van der Waals surface area contributed by atoms with Crippen LogP contribution in [-0.4, -0.2) is 47.9 Å². The molecule has 1 aliphatic rings. The fourth-order valence-electron chi connectivity index (χ4n) is 3.71. The molecular weight excluding hydrogens is 386 g/mol. The molecule has 2 amide bonds. The maximum absolute atomic E-state index is 12.3. The van der Waals surface area contributed by atoms with Crippen molar-refractivity contribution in [1.29, 1.82) is 0 Å². The minimum absolute atomic E-state index is 0.0492. The van der Waals surface area contributed by atoms with Gasteiger partial charge in [-0.3, -0.25) is 4.79 Å². The van der Waals surface area contributed by atoms with Gasteiger partial charge in [0.15, 0.2) is 5.82 Å². The van der Waals surface area contributed by atoms with Gasteiger partial charge in [0.25, 0.3) is 5.89 Å². The number of likely N-dealkylation sites (N-methyl/N-ethyl adjacent to an activating group) is 1. The number of alkyl carbamates (subject to hydrolysis) is 1. The van der Waals surface area contributed by atoms with Crippen molar-refractivity contribution in [3.05, 3.63) is 29.6 Å². The summed E-state index contributed by atoms with van der Waals surface area (Å²) in [5.41, 5.74) is 2.31. The number of amides is 2. The maximum atomic E-state index is 12.3. The van der Waals surface area contributed by atoms with Crippen LogP contribution in [0.4, 0.5) is 10.5 Å². The second kappa shape index (κ2) is 9.25. The first kappa shape index (κ1) is 21.8. The van der Waals surface area contributed by atoms with Gasteiger partial charge in [0.1, 0.15) is 0 Å². The Morgan fingerprint density at radius 3 is 2.80 bits per heavy atom. The quantitative estimate of drug-likeness (QED) is 0.746. The smallest absolute Gasteiger partial charge is 0.407 e. The standard InChI is InChI=1S/C21H29N5O4/c1-12(2)29-21(28)23-17-10-13(3)26(14(4)27)18-7-6-15(11-16(17)18)20-24-19(25-30-20)8-9-22-5/h6-7,11-13,17,22H,8-10H2,1-5H3,(H,23,28)/t13-,17+/m0/s1. The van der Waals surface area contributed by atoms with Crippen LogP contribution >= 0.6 is 0 Å².